The third-order valence-electron chi connectivity index (χ3n) is 1.17. The van der Waals surface area contributed by atoms with Crippen LogP contribution in [0.15, 0.2) is 35.2 Å². The summed E-state index contributed by atoms with van der Waals surface area (Å²) in [6.45, 7) is 1.92. The number of benzene rings is 1. The van der Waals surface area contributed by atoms with Gasteiger partial charge in [0.15, 0.2) is 0 Å². The van der Waals surface area contributed by atoms with Crippen LogP contribution in [0.3, 0.4) is 0 Å². The molecule has 3 heteroatoms. The van der Waals surface area contributed by atoms with Gasteiger partial charge in [0, 0.05) is 10.6 Å². The van der Waals surface area contributed by atoms with Gasteiger partial charge in [0.1, 0.15) is 0 Å². The average molecular weight is 186 g/mol. The van der Waals surface area contributed by atoms with Crippen molar-refractivity contribution in [3.05, 3.63) is 30.3 Å². The Morgan fingerprint density at radius 1 is 1.36 bits per heavy atom. The van der Waals surface area contributed by atoms with Crippen LogP contribution in [0.1, 0.15) is 6.92 Å². The van der Waals surface area contributed by atoms with Crippen LogP contribution in [-0.4, -0.2) is 9.96 Å². The minimum Gasteiger partial charge on any atom is -0.248 e. The van der Waals surface area contributed by atoms with Crippen molar-refractivity contribution >= 4 is 20.6 Å². The molecular weight excluding hydrogens is 176 g/mol. The van der Waals surface area contributed by atoms with Crippen molar-refractivity contribution in [1.82, 2.24) is 0 Å². The lowest BCUT2D eigenvalue weighted by Crippen LogP contribution is -1.84. The van der Waals surface area contributed by atoms with Gasteiger partial charge in [0.05, 0.1) is 9.83 Å². The van der Waals surface area contributed by atoms with Crippen LogP contribution in [-0.2, 0) is 9.83 Å². The van der Waals surface area contributed by atoms with E-state index in [1.165, 1.54) is 10.8 Å². The quantitative estimate of drug-likeness (QED) is 0.674. The van der Waals surface area contributed by atoms with Crippen molar-refractivity contribution in [2.45, 2.75) is 11.8 Å². The van der Waals surface area contributed by atoms with Gasteiger partial charge in [0.25, 0.3) is 0 Å². The highest BCUT2D eigenvalue weighted by molar-refractivity contribution is 8.69. The topological polar surface area (TPSA) is 17.1 Å². The zero-order valence-corrected chi connectivity index (χ0v) is 7.95. The van der Waals surface area contributed by atoms with Crippen LogP contribution in [0.4, 0.5) is 0 Å². The van der Waals surface area contributed by atoms with Crippen LogP contribution < -0.4 is 0 Å². The average Bonchev–Trinajstić information content (AvgIpc) is 2.06. The monoisotopic (exact) mass is 186 g/mol. The second-order valence-corrected chi connectivity index (χ2v) is 5.43. The van der Waals surface area contributed by atoms with E-state index in [4.69, 9.17) is 0 Å². The van der Waals surface area contributed by atoms with Gasteiger partial charge in [-0.3, -0.25) is 0 Å². The Kier molecular flexibility index (Phi) is 3.66. The summed E-state index contributed by atoms with van der Waals surface area (Å²) in [6, 6.07) is 9.81. The summed E-state index contributed by atoms with van der Waals surface area (Å²) in [4.78, 5) is 1.08. The van der Waals surface area contributed by atoms with Gasteiger partial charge in [-0.25, -0.2) is 4.21 Å². The zero-order valence-electron chi connectivity index (χ0n) is 6.32. The first-order valence-electron chi connectivity index (χ1n) is 3.44. The molecule has 0 saturated carbocycles. The van der Waals surface area contributed by atoms with Crippen molar-refractivity contribution in [2.75, 3.05) is 5.75 Å². The summed E-state index contributed by atoms with van der Waals surface area (Å²) in [5.74, 6) is 0.708. The third kappa shape index (κ3) is 3.08. The van der Waals surface area contributed by atoms with Gasteiger partial charge in [-0.1, -0.05) is 25.1 Å². The van der Waals surface area contributed by atoms with Crippen molar-refractivity contribution in [2.24, 2.45) is 0 Å². The summed E-state index contributed by atoms with van der Waals surface area (Å²) >= 11 is 0. The second kappa shape index (κ2) is 4.57. The molecule has 1 rings (SSSR count). The Morgan fingerprint density at radius 3 is 2.55 bits per heavy atom. The van der Waals surface area contributed by atoms with Gasteiger partial charge < -0.3 is 0 Å². The van der Waals surface area contributed by atoms with Crippen LogP contribution in [0, 0.1) is 0 Å². The molecule has 1 aromatic rings. The second-order valence-electron chi connectivity index (χ2n) is 1.99. The maximum Gasteiger partial charge on any atom is 0.0849 e. The molecule has 0 spiro atoms. The van der Waals surface area contributed by atoms with E-state index >= 15 is 0 Å². The highest BCUT2D eigenvalue weighted by atomic mass is 33.1. The third-order valence-corrected chi connectivity index (χ3v) is 4.13. The molecule has 0 saturated heterocycles. The molecule has 0 bridgehead atoms. The SMILES string of the molecule is CCS(=O)Sc1ccccc1. The lowest BCUT2D eigenvalue weighted by molar-refractivity contribution is 0.692. The highest BCUT2D eigenvalue weighted by Crippen LogP contribution is 2.20. The molecule has 1 aromatic carbocycles. The molecule has 0 amide bonds. The molecule has 1 nitrogen and oxygen atoms in total. The molecule has 0 aliphatic carbocycles. The van der Waals surface area contributed by atoms with Gasteiger partial charge in [-0.2, -0.15) is 0 Å². The fourth-order valence-corrected chi connectivity index (χ4v) is 2.57. The summed E-state index contributed by atoms with van der Waals surface area (Å²) in [5, 5.41) is 0. The smallest absolute Gasteiger partial charge is 0.0849 e. The summed E-state index contributed by atoms with van der Waals surface area (Å²) in [5.41, 5.74) is 0. The number of rotatable bonds is 3. The van der Waals surface area contributed by atoms with Gasteiger partial charge in [-0.05, 0) is 22.9 Å². The first-order chi connectivity index (χ1) is 5.33. The molecule has 11 heavy (non-hydrogen) atoms. The molecule has 60 valence electrons. The fourth-order valence-electron chi connectivity index (χ4n) is 0.642. The fraction of sp³-hybridized carbons (Fsp3) is 0.250. The molecule has 1 unspecified atom stereocenters. The Balaban J connectivity index is 2.58. The van der Waals surface area contributed by atoms with E-state index in [0.29, 0.717) is 5.75 Å². The zero-order chi connectivity index (χ0) is 8.10. The summed E-state index contributed by atoms with van der Waals surface area (Å²) < 4.78 is 11.1. The number of hydrogen-bond donors (Lipinski definition) is 0. The first kappa shape index (κ1) is 8.81. The molecule has 0 heterocycles. The minimum absolute atomic E-state index is 0.708. The minimum atomic E-state index is -0.761. The van der Waals surface area contributed by atoms with Gasteiger partial charge >= 0.3 is 0 Å². The van der Waals surface area contributed by atoms with Gasteiger partial charge in [-0.15, -0.1) is 0 Å². The molecule has 0 aliphatic rings. The standard InChI is InChI=1S/C8H10OS2/c1-2-11(9)10-8-6-4-3-5-7-8/h3-7H,2H2,1H3. The lowest BCUT2D eigenvalue weighted by atomic mass is 10.4. The summed E-state index contributed by atoms with van der Waals surface area (Å²) in [6.07, 6.45) is 0. The molecule has 0 N–H and O–H groups in total. The van der Waals surface area contributed by atoms with E-state index in [-0.39, 0.29) is 0 Å². The van der Waals surface area contributed by atoms with Gasteiger partial charge in [0.2, 0.25) is 0 Å². The lowest BCUT2D eigenvalue weighted by Gasteiger charge is -1.96. The van der Waals surface area contributed by atoms with E-state index < -0.39 is 9.83 Å². The predicted octanol–water partition coefficient (Wildman–Crippen LogP) is 2.46. The molecule has 0 fully saturated rings. The molecular formula is C8H10OS2. The van der Waals surface area contributed by atoms with Crippen molar-refractivity contribution in [3.8, 4) is 0 Å². The van der Waals surface area contributed by atoms with E-state index in [2.05, 4.69) is 0 Å². The van der Waals surface area contributed by atoms with E-state index in [1.807, 2.05) is 37.3 Å². The Morgan fingerprint density at radius 2 is 2.00 bits per heavy atom. The molecule has 0 aromatic heterocycles. The molecule has 1 atom stereocenters. The Bertz CT molecular complexity index is 233. The highest BCUT2D eigenvalue weighted by Gasteiger charge is 1.97. The molecule has 0 aliphatic heterocycles. The molecule has 0 radical (unpaired) electrons. The number of hydrogen-bond acceptors (Lipinski definition) is 2. The van der Waals surface area contributed by atoms with E-state index in [1.54, 1.807) is 0 Å². The van der Waals surface area contributed by atoms with Crippen molar-refractivity contribution in [3.63, 3.8) is 0 Å². The van der Waals surface area contributed by atoms with Crippen molar-refractivity contribution < 1.29 is 4.21 Å². The Hall–Kier alpha value is -0.280. The maximum absolute atomic E-state index is 11.1. The van der Waals surface area contributed by atoms with E-state index in [9.17, 15) is 4.21 Å². The van der Waals surface area contributed by atoms with Crippen molar-refractivity contribution in [1.29, 1.82) is 0 Å². The predicted molar refractivity (Wildman–Crippen MR) is 51.0 cm³/mol. The first-order valence-corrected chi connectivity index (χ1v) is 6.10. The normalized spacial score (nSPS) is 12.8. The largest absolute Gasteiger partial charge is 0.248 e. The van der Waals surface area contributed by atoms with Crippen LogP contribution >= 0.6 is 10.8 Å². The van der Waals surface area contributed by atoms with Crippen LogP contribution in [0.5, 0.6) is 0 Å². The maximum atomic E-state index is 11.1. The van der Waals surface area contributed by atoms with Crippen LogP contribution in [0.25, 0.3) is 0 Å². The Labute approximate surface area is 73.1 Å². The summed E-state index contributed by atoms with van der Waals surface area (Å²) in [7, 11) is 0.654. The van der Waals surface area contributed by atoms with E-state index in [0.717, 1.165) is 4.90 Å². The van der Waals surface area contributed by atoms with Crippen LogP contribution in [0.2, 0.25) is 0 Å².